The lowest BCUT2D eigenvalue weighted by molar-refractivity contribution is -0.120. The molecule has 2 amide bonds. The van der Waals surface area contributed by atoms with Crippen LogP contribution in [0, 0.1) is 5.92 Å². The van der Waals surface area contributed by atoms with E-state index in [-0.39, 0.29) is 34.8 Å². The van der Waals surface area contributed by atoms with Gasteiger partial charge < -0.3 is 24.8 Å². The number of hydrogen-bond donors (Lipinski definition) is 4. The quantitative estimate of drug-likeness (QED) is 0.175. The number of nitrogens with one attached hydrogen (secondary N) is 4. The summed E-state index contributed by atoms with van der Waals surface area (Å²) < 4.78 is 17.2. The highest BCUT2D eigenvalue weighted by atomic mass is 16.5. The highest BCUT2D eigenvalue weighted by Crippen LogP contribution is 2.50. The second-order valence-electron chi connectivity index (χ2n) is 11.5. The number of rotatable bonds is 11. The van der Waals surface area contributed by atoms with Crippen LogP contribution in [-0.4, -0.2) is 54.4 Å². The van der Waals surface area contributed by atoms with Crippen molar-refractivity contribution in [2.75, 3.05) is 32.0 Å². The maximum atomic E-state index is 13.9. The molecule has 1 aromatic heterocycles. The summed E-state index contributed by atoms with van der Waals surface area (Å²) in [7, 11) is 4.65. The number of fused-ring (bicyclic) bond motifs is 3. The van der Waals surface area contributed by atoms with E-state index in [0.29, 0.717) is 53.5 Å². The molecule has 3 atom stereocenters. The average Bonchev–Trinajstić information content (AvgIpc) is 3.42. The van der Waals surface area contributed by atoms with Gasteiger partial charge in [0.1, 0.15) is 6.04 Å². The van der Waals surface area contributed by atoms with Gasteiger partial charge in [0.15, 0.2) is 17.3 Å². The zero-order chi connectivity index (χ0) is 33.7. The maximum Gasteiger partial charge on any atom is 0.249 e. The van der Waals surface area contributed by atoms with Crippen LogP contribution in [0.25, 0.3) is 22.5 Å². The van der Waals surface area contributed by atoms with E-state index in [1.165, 1.54) is 20.1 Å². The van der Waals surface area contributed by atoms with Crippen LogP contribution in [-0.2, 0) is 16.0 Å². The second-order valence-corrected chi connectivity index (χ2v) is 11.5. The Morgan fingerprint density at radius 3 is 2.43 bits per heavy atom. The lowest BCUT2D eigenvalue weighted by atomic mass is 9.95. The number of aromatic nitrogens is 3. The van der Waals surface area contributed by atoms with Gasteiger partial charge in [-0.15, -0.1) is 5.10 Å². The van der Waals surface area contributed by atoms with Gasteiger partial charge >= 0.3 is 0 Å². The Balaban J connectivity index is 1.56. The number of benzene rings is 2. The number of hydrogen-bond acceptors (Lipinski definition) is 9. The molecule has 12 heteroatoms. The average molecular weight is 641 g/mol. The number of carbonyl (C=O) groups excluding carboxylic acids is 2. The van der Waals surface area contributed by atoms with E-state index in [0.717, 1.165) is 16.7 Å². The molecule has 0 saturated heterocycles. The fourth-order valence-electron chi connectivity index (χ4n) is 5.93. The number of ether oxygens (including phenoxy) is 3. The number of aryl methyl sites for hydroxylation is 1. The number of H-pyrrole nitrogens is 1. The van der Waals surface area contributed by atoms with Gasteiger partial charge in [0.2, 0.25) is 28.9 Å². The molecule has 246 valence electrons. The van der Waals surface area contributed by atoms with Gasteiger partial charge in [-0.1, -0.05) is 56.7 Å². The normalized spacial score (nSPS) is 14.8. The standard InChI is InChI=1S/C35H40N6O6/c1-7-19(2)30(34(44)39-35-38-33(40-41-35)21-11-9-8-10-12-21)37-26-16-14-23-24(18-27(26)43)25(36-20(3)42)15-13-22-17-28(45-4)31(46-5)32(47-6)29(22)23/h8-12,14,16-19,25,30H,7,13,15H2,1-6H3,(H,36,42)(H,37,43)(H2,38,39,40,41,44). The lowest BCUT2D eigenvalue weighted by Gasteiger charge is -2.23. The van der Waals surface area contributed by atoms with Gasteiger partial charge in [-0.05, 0) is 53.6 Å². The van der Waals surface area contributed by atoms with E-state index in [1.807, 2.05) is 56.3 Å². The highest BCUT2D eigenvalue weighted by Gasteiger charge is 2.30. The molecule has 1 heterocycles. The first-order valence-corrected chi connectivity index (χ1v) is 15.5. The molecule has 0 saturated carbocycles. The van der Waals surface area contributed by atoms with Crippen molar-refractivity contribution in [2.24, 2.45) is 5.92 Å². The molecule has 1 aliphatic carbocycles. The first-order chi connectivity index (χ1) is 22.7. The summed E-state index contributed by atoms with van der Waals surface area (Å²) in [6.45, 7) is 5.35. The molecule has 47 heavy (non-hydrogen) atoms. The molecular formula is C35H40N6O6. The Bertz CT molecular complexity index is 1830. The fraction of sp³-hybridized carbons (Fsp3) is 0.343. The zero-order valence-corrected chi connectivity index (χ0v) is 27.4. The topological polar surface area (TPSA) is 157 Å². The minimum atomic E-state index is -0.786. The second kappa shape index (κ2) is 14.4. The van der Waals surface area contributed by atoms with Crippen molar-refractivity contribution in [1.82, 2.24) is 20.5 Å². The Hall–Kier alpha value is -5.39. The third-order valence-electron chi connectivity index (χ3n) is 8.49. The van der Waals surface area contributed by atoms with Crippen LogP contribution in [0.3, 0.4) is 0 Å². The molecule has 0 radical (unpaired) electrons. The van der Waals surface area contributed by atoms with E-state index >= 15 is 0 Å². The van der Waals surface area contributed by atoms with Crippen LogP contribution in [0.15, 0.2) is 59.4 Å². The lowest BCUT2D eigenvalue weighted by Crippen LogP contribution is -2.41. The van der Waals surface area contributed by atoms with E-state index in [4.69, 9.17) is 14.2 Å². The van der Waals surface area contributed by atoms with Crippen molar-refractivity contribution in [1.29, 1.82) is 0 Å². The van der Waals surface area contributed by atoms with Gasteiger partial charge in [0.05, 0.1) is 33.1 Å². The number of nitrogens with zero attached hydrogens (tertiary/aromatic N) is 2. The van der Waals surface area contributed by atoms with Crippen LogP contribution in [0.2, 0.25) is 0 Å². The predicted octanol–water partition coefficient (Wildman–Crippen LogP) is 5.11. The number of aromatic amines is 1. The molecule has 4 aromatic rings. The minimum absolute atomic E-state index is 0.128. The number of carbonyl (C=O) groups is 2. The van der Waals surface area contributed by atoms with Crippen molar-refractivity contribution in [3.05, 3.63) is 75.9 Å². The molecule has 0 spiro atoms. The molecule has 0 fully saturated rings. The van der Waals surface area contributed by atoms with Crippen molar-refractivity contribution < 1.29 is 23.8 Å². The number of amides is 2. The molecule has 4 N–H and O–H groups in total. The SMILES string of the molecule is CCC(C)C(Nc1ccc2c(cc1=O)C(NC(C)=O)CCc1cc(OC)c(OC)c(OC)c1-2)C(=O)Nc1n[nH]c(-c2ccccc2)n1. The summed E-state index contributed by atoms with van der Waals surface area (Å²) >= 11 is 0. The molecule has 3 aromatic carbocycles. The number of methoxy groups -OCH3 is 3. The molecular weight excluding hydrogens is 600 g/mol. The van der Waals surface area contributed by atoms with Gasteiger partial charge in [-0.2, -0.15) is 4.98 Å². The van der Waals surface area contributed by atoms with E-state index in [2.05, 4.69) is 31.1 Å². The maximum absolute atomic E-state index is 13.9. The molecule has 12 nitrogen and oxygen atoms in total. The summed E-state index contributed by atoms with van der Waals surface area (Å²) in [6.07, 6.45) is 1.77. The largest absolute Gasteiger partial charge is 0.493 e. The molecule has 0 aliphatic heterocycles. The fourth-order valence-corrected chi connectivity index (χ4v) is 5.93. The molecule has 1 aliphatic rings. The van der Waals surface area contributed by atoms with E-state index < -0.39 is 12.1 Å². The van der Waals surface area contributed by atoms with Crippen molar-refractivity contribution >= 4 is 23.5 Å². The van der Waals surface area contributed by atoms with Gasteiger partial charge in [0.25, 0.3) is 0 Å². The van der Waals surface area contributed by atoms with Crippen molar-refractivity contribution in [3.63, 3.8) is 0 Å². The summed E-state index contributed by atoms with van der Waals surface area (Å²) in [6, 6.07) is 15.1. The smallest absolute Gasteiger partial charge is 0.249 e. The first-order valence-electron chi connectivity index (χ1n) is 15.5. The molecule has 5 rings (SSSR count). The zero-order valence-electron chi connectivity index (χ0n) is 27.4. The van der Waals surface area contributed by atoms with Crippen LogP contribution < -0.4 is 35.6 Å². The van der Waals surface area contributed by atoms with E-state index in [1.54, 1.807) is 20.3 Å². The molecule has 0 bridgehead atoms. The van der Waals surface area contributed by atoms with Crippen molar-refractivity contribution in [3.8, 4) is 39.8 Å². The molecule has 3 unspecified atom stereocenters. The third-order valence-corrected chi connectivity index (χ3v) is 8.49. The third kappa shape index (κ3) is 6.91. The minimum Gasteiger partial charge on any atom is -0.493 e. The van der Waals surface area contributed by atoms with Gasteiger partial charge in [0, 0.05) is 18.1 Å². The number of anilines is 2. The monoisotopic (exact) mass is 640 g/mol. The Morgan fingerprint density at radius 2 is 1.77 bits per heavy atom. The van der Waals surface area contributed by atoms with Gasteiger partial charge in [-0.25, -0.2) is 0 Å². The van der Waals surface area contributed by atoms with Crippen LogP contribution >= 0.6 is 0 Å². The van der Waals surface area contributed by atoms with Crippen molar-refractivity contribution in [2.45, 2.75) is 52.1 Å². The Kier molecular flexibility index (Phi) is 10.1. The highest BCUT2D eigenvalue weighted by molar-refractivity contribution is 5.95. The summed E-state index contributed by atoms with van der Waals surface area (Å²) in [5.41, 5.74) is 3.69. The van der Waals surface area contributed by atoms with Crippen LogP contribution in [0.1, 0.15) is 50.8 Å². The first kappa shape index (κ1) is 33.0. The summed E-state index contributed by atoms with van der Waals surface area (Å²) in [5.74, 6) is 1.27. The van der Waals surface area contributed by atoms with Crippen LogP contribution in [0.4, 0.5) is 11.6 Å². The van der Waals surface area contributed by atoms with Gasteiger partial charge in [-0.3, -0.25) is 24.8 Å². The summed E-state index contributed by atoms with van der Waals surface area (Å²) in [5, 5.41) is 16.0. The Morgan fingerprint density at radius 1 is 1.02 bits per heavy atom. The Labute approximate surface area is 273 Å². The predicted molar refractivity (Wildman–Crippen MR) is 180 cm³/mol. The summed E-state index contributed by atoms with van der Waals surface area (Å²) in [4.78, 5) is 44.3. The van der Waals surface area contributed by atoms with E-state index in [9.17, 15) is 14.4 Å². The van der Waals surface area contributed by atoms with Crippen LogP contribution in [0.5, 0.6) is 17.2 Å².